The molecule has 0 saturated carbocycles. The van der Waals surface area contributed by atoms with Crippen molar-refractivity contribution in [1.29, 1.82) is 0 Å². The Morgan fingerprint density at radius 1 is 1.40 bits per heavy atom. The first-order chi connectivity index (χ1) is 11.9. The number of amides is 2. The molecular formula is C19H26N2O4. The van der Waals surface area contributed by atoms with E-state index in [0.29, 0.717) is 6.61 Å². The molecule has 1 heterocycles. The lowest BCUT2D eigenvalue weighted by Crippen LogP contribution is -2.39. The van der Waals surface area contributed by atoms with Gasteiger partial charge in [0.2, 0.25) is 11.8 Å². The van der Waals surface area contributed by atoms with Gasteiger partial charge in [-0.3, -0.25) is 9.59 Å². The second kappa shape index (κ2) is 8.55. The van der Waals surface area contributed by atoms with E-state index in [-0.39, 0.29) is 30.5 Å². The molecule has 1 aliphatic heterocycles. The summed E-state index contributed by atoms with van der Waals surface area (Å²) in [5.41, 5.74) is 1.89. The molecule has 0 spiro atoms. The maximum absolute atomic E-state index is 11.9. The number of nitrogens with one attached hydrogen (secondary N) is 2. The molecule has 6 heteroatoms. The standard InChI is InChI=1S/C19H26N2O4/c1-5-24-16-10-15-8-13(4)25-17(15)9-14(16)6-7-18(22)20-11-19(23)21-12(2)3/h6-7,9-10,12-13H,5,8,11H2,1-4H3,(H,20,22)(H,21,23)/b7-6+/t13-/m1/s1. The van der Waals surface area contributed by atoms with Crippen molar-refractivity contribution in [2.45, 2.75) is 46.3 Å². The summed E-state index contributed by atoms with van der Waals surface area (Å²) in [5, 5.41) is 5.27. The Bertz CT molecular complexity index is 668. The molecule has 1 aromatic carbocycles. The predicted octanol–water partition coefficient (Wildman–Crippen LogP) is 2.06. The second-order valence-corrected chi connectivity index (χ2v) is 6.34. The van der Waals surface area contributed by atoms with Crippen molar-refractivity contribution in [1.82, 2.24) is 10.6 Å². The van der Waals surface area contributed by atoms with Gasteiger partial charge in [0.25, 0.3) is 0 Å². The topological polar surface area (TPSA) is 76.7 Å². The number of fused-ring (bicyclic) bond motifs is 1. The van der Waals surface area contributed by atoms with Gasteiger partial charge in [-0.25, -0.2) is 0 Å². The fraction of sp³-hybridized carbons (Fsp3) is 0.474. The summed E-state index contributed by atoms with van der Waals surface area (Å²) < 4.78 is 11.4. The average Bonchev–Trinajstić information content (AvgIpc) is 2.89. The molecule has 0 fully saturated rings. The Kier molecular flexibility index (Phi) is 6.44. The fourth-order valence-electron chi connectivity index (χ4n) is 2.63. The summed E-state index contributed by atoms with van der Waals surface area (Å²) in [6.45, 7) is 8.16. The lowest BCUT2D eigenvalue weighted by Gasteiger charge is -2.10. The number of carbonyl (C=O) groups is 2. The molecule has 0 unspecified atom stereocenters. The van der Waals surface area contributed by atoms with Gasteiger partial charge in [0.15, 0.2) is 0 Å². The summed E-state index contributed by atoms with van der Waals surface area (Å²) in [5.74, 6) is 0.996. The van der Waals surface area contributed by atoms with Crippen LogP contribution in [0.5, 0.6) is 11.5 Å². The minimum Gasteiger partial charge on any atom is -0.493 e. The van der Waals surface area contributed by atoms with Crippen molar-refractivity contribution < 1.29 is 19.1 Å². The third-order valence-electron chi connectivity index (χ3n) is 3.62. The third kappa shape index (κ3) is 5.52. The number of benzene rings is 1. The minimum atomic E-state index is -0.337. The maximum Gasteiger partial charge on any atom is 0.244 e. The zero-order chi connectivity index (χ0) is 18.4. The van der Waals surface area contributed by atoms with Gasteiger partial charge in [0, 0.05) is 29.7 Å². The lowest BCUT2D eigenvalue weighted by atomic mass is 10.1. The summed E-state index contributed by atoms with van der Waals surface area (Å²) in [6.07, 6.45) is 4.06. The minimum absolute atomic E-state index is 0.0440. The lowest BCUT2D eigenvalue weighted by molar-refractivity contribution is -0.124. The van der Waals surface area contributed by atoms with E-state index in [2.05, 4.69) is 10.6 Å². The Labute approximate surface area is 148 Å². The van der Waals surface area contributed by atoms with Crippen molar-refractivity contribution in [3.05, 3.63) is 29.3 Å². The maximum atomic E-state index is 11.9. The van der Waals surface area contributed by atoms with Crippen molar-refractivity contribution in [2.24, 2.45) is 0 Å². The largest absolute Gasteiger partial charge is 0.493 e. The van der Waals surface area contributed by atoms with Gasteiger partial charge in [-0.05, 0) is 45.9 Å². The number of carbonyl (C=O) groups excluding carboxylic acids is 2. The van der Waals surface area contributed by atoms with E-state index in [1.54, 1.807) is 6.08 Å². The number of hydrogen-bond donors (Lipinski definition) is 2. The van der Waals surface area contributed by atoms with Crippen molar-refractivity contribution >= 4 is 17.9 Å². The Morgan fingerprint density at radius 3 is 2.84 bits per heavy atom. The Hall–Kier alpha value is -2.50. The summed E-state index contributed by atoms with van der Waals surface area (Å²) in [7, 11) is 0. The zero-order valence-corrected chi connectivity index (χ0v) is 15.2. The number of ether oxygens (including phenoxy) is 2. The van der Waals surface area contributed by atoms with Gasteiger partial charge in [-0.1, -0.05) is 0 Å². The van der Waals surface area contributed by atoms with Crippen LogP contribution < -0.4 is 20.1 Å². The molecule has 0 radical (unpaired) electrons. The Morgan fingerprint density at radius 2 is 2.16 bits per heavy atom. The van der Waals surface area contributed by atoms with Crippen LogP contribution in [0.1, 0.15) is 38.8 Å². The summed E-state index contributed by atoms with van der Waals surface area (Å²) >= 11 is 0. The normalized spacial score (nSPS) is 15.8. The average molecular weight is 346 g/mol. The van der Waals surface area contributed by atoms with E-state index in [1.807, 2.05) is 39.8 Å². The molecule has 0 saturated heterocycles. The van der Waals surface area contributed by atoms with Gasteiger partial charge in [-0.2, -0.15) is 0 Å². The van der Waals surface area contributed by atoms with Crippen LogP contribution in [0, 0.1) is 0 Å². The molecule has 25 heavy (non-hydrogen) atoms. The van der Waals surface area contributed by atoms with Crippen LogP contribution in [0.15, 0.2) is 18.2 Å². The van der Waals surface area contributed by atoms with Gasteiger partial charge >= 0.3 is 0 Å². The van der Waals surface area contributed by atoms with Gasteiger partial charge < -0.3 is 20.1 Å². The predicted molar refractivity (Wildman–Crippen MR) is 96.7 cm³/mol. The molecule has 1 aromatic rings. The third-order valence-corrected chi connectivity index (χ3v) is 3.62. The van der Waals surface area contributed by atoms with Crippen LogP contribution in [0.2, 0.25) is 0 Å². The van der Waals surface area contributed by atoms with E-state index >= 15 is 0 Å². The van der Waals surface area contributed by atoms with Crippen molar-refractivity contribution in [3.8, 4) is 11.5 Å². The molecule has 6 nitrogen and oxygen atoms in total. The fourth-order valence-corrected chi connectivity index (χ4v) is 2.63. The van der Waals surface area contributed by atoms with E-state index in [9.17, 15) is 9.59 Å². The molecule has 2 N–H and O–H groups in total. The molecule has 0 aromatic heterocycles. The second-order valence-electron chi connectivity index (χ2n) is 6.34. The smallest absolute Gasteiger partial charge is 0.244 e. The van der Waals surface area contributed by atoms with Gasteiger partial charge in [0.05, 0.1) is 13.2 Å². The zero-order valence-electron chi connectivity index (χ0n) is 15.2. The van der Waals surface area contributed by atoms with Crippen molar-refractivity contribution in [3.63, 3.8) is 0 Å². The number of hydrogen-bond acceptors (Lipinski definition) is 4. The highest BCUT2D eigenvalue weighted by molar-refractivity contribution is 5.94. The van der Waals surface area contributed by atoms with Gasteiger partial charge in [-0.15, -0.1) is 0 Å². The van der Waals surface area contributed by atoms with Crippen LogP contribution >= 0.6 is 0 Å². The van der Waals surface area contributed by atoms with E-state index in [1.165, 1.54) is 6.08 Å². The van der Waals surface area contributed by atoms with E-state index in [0.717, 1.165) is 29.0 Å². The highest BCUT2D eigenvalue weighted by Crippen LogP contribution is 2.35. The Balaban J connectivity index is 2.03. The molecule has 0 aliphatic carbocycles. The molecule has 136 valence electrons. The first-order valence-electron chi connectivity index (χ1n) is 8.60. The highest BCUT2D eigenvalue weighted by Gasteiger charge is 2.21. The molecule has 0 bridgehead atoms. The first kappa shape index (κ1) is 18.8. The quantitative estimate of drug-likeness (QED) is 0.741. The van der Waals surface area contributed by atoms with Crippen LogP contribution in [-0.4, -0.2) is 37.1 Å². The number of rotatable bonds is 7. The SMILES string of the molecule is CCOc1cc2c(cc1/C=C/C(=O)NCC(=O)NC(C)C)O[C@H](C)C2. The molecule has 1 aliphatic rings. The molecule has 1 atom stereocenters. The molecular weight excluding hydrogens is 320 g/mol. The molecule has 2 amide bonds. The first-order valence-corrected chi connectivity index (χ1v) is 8.60. The van der Waals surface area contributed by atoms with E-state index < -0.39 is 0 Å². The van der Waals surface area contributed by atoms with Crippen LogP contribution in [-0.2, 0) is 16.0 Å². The van der Waals surface area contributed by atoms with Crippen molar-refractivity contribution in [2.75, 3.05) is 13.2 Å². The van der Waals surface area contributed by atoms with Gasteiger partial charge in [0.1, 0.15) is 17.6 Å². The van der Waals surface area contributed by atoms with E-state index in [4.69, 9.17) is 9.47 Å². The monoisotopic (exact) mass is 346 g/mol. The summed E-state index contributed by atoms with van der Waals surface area (Å²) in [6, 6.07) is 3.90. The molecule has 2 rings (SSSR count). The van der Waals surface area contributed by atoms with Crippen LogP contribution in [0.3, 0.4) is 0 Å². The van der Waals surface area contributed by atoms with Crippen LogP contribution in [0.4, 0.5) is 0 Å². The van der Waals surface area contributed by atoms with Crippen LogP contribution in [0.25, 0.3) is 6.08 Å². The summed E-state index contributed by atoms with van der Waals surface area (Å²) in [4.78, 5) is 23.5. The highest BCUT2D eigenvalue weighted by atomic mass is 16.5.